The number of unbranched alkanes of at least 4 members (excludes halogenated alkanes) is 10. The average Bonchev–Trinajstić information content (AvgIpc) is 3.25. The van der Waals surface area contributed by atoms with Gasteiger partial charge in [-0.3, -0.25) is 4.79 Å². The molecule has 1 rings (SSSR count). The van der Waals surface area contributed by atoms with E-state index in [1.54, 1.807) is 6.08 Å². The molecule has 1 fully saturated rings. The van der Waals surface area contributed by atoms with Gasteiger partial charge in [0.1, 0.15) is 24.4 Å². The number of ether oxygens (including phenoxy) is 2. The van der Waals surface area contributed by atoms with Crippen LogP contribution in [0.1, 0.15) is 149 Å². The highest BCUT2D eigenvalue weighted by Crippen LogP contribution is 2.22. The molecule has 9 nitrogen and oxygen atoms in total. The maximum Gasteiger partial charge on any atom is 0.220 e. The summed E-state index contributed by atoms with van der Waals surface area (Å²) in [5.41, 5.74) is 0. The molecule has 0 aromatic carbocycles. The van der Waals surface area contributed by atoms with Crippen molar-refractivity contribution in [1.82, 2.24) is 5.32 Å². The quantitative estimate of drug-likeness (QED) is 0.0270. The topological polar surface area (TPSA) is 149 Å². The average molecular weight is 838 g/mol. The van der Waals surface area contributed by atoms with Crippen molar-refractivity contribution >= 4 is 5.91 Å². The Hall–Kier alpha value is -3.15. The Morgan fingerprint density at radius 1 is 0.583 bits per heavy atom. The third-order valence-electron chi connectivity index (χ3n) is 10.1. The summed E-state index contributed by atoms with van der Waals surface area (Å²) in [6, 6.07) is -0.849. The standard InChI is InChI=1S/C51H83NO8/c1-3-5-7-9-11-13-15-17-19-20-21-22-23-24-25-26-27-29-31-33-35-37-39-41-47(55)52-44(43-59-51-50(58)49(57)48(56)46(42-53)60-51)45(54)40-38-36-34-32-30-28-18-16-14-12-10-8-6-4-2/h5,7,11,13-14,16-17,19,21-22,24-25,27,29-30,32,38,40,44-46,48-51,53-54,56-58H,3-4,6,8-10,12,15,18,20,23,26,28,31,33-37,39,41-43H2,1-2H3,(H,52,55)/b7-5-,13-11-,16-14+,19-17-,22-21-,25-24-,29-27-,32-30+,40-38+. The molecule has 0 aromatic heterocycles. The third kappa shape index (κ3) is 30.0. The van der Waals surface area contributed by atoms with Gasteiger partial charge in [0, 0.05) is 6.42 Å². The lowest BCUT2D eigenvalue weighted by Gasteiger charge is -2.40. The molecule has 1 aliphatic rings. The van der Waals surface area contributed by atoms with Crippen molar-refractivity contribution in [2.45, 2.75) is 192 Å². The van der Waals surface area contributed by atoms with Crippen LogP contribution in [0.2, 0.25) is 0 Å². The minimum atomic E-state index is -1.59. The molecule has 0 spiro atoms. The van der Waals surface area contributed by atoms with Crippen molar-refractivity contribution in [3.8, 4) is 0 Å². The molecule has 0 aliphatic carbocycles. The van der Waals surface area contributed by atoms with E-state index in [1.807, 2.05) is 6.08 Å². The third-order valence-corrected chi connectivity index (χ3v) is 10.1. The molecule has 1 saturated heterocycles. The summed E-state index contributed by atoms with van der Waals surface area (Å²) in [5, 5.41) is 54.1. The maximum absolute atomic E-state index is 13.0. The molecule has 0 radical (unpaired) electrons. The zero-order valence-electron chi connectivity index (χ0n) is 37.2. The van der Waals surface area contributed by atoms with Crippen molar-refractivity contribution in [2.24, 2.45) is 0 Å². The van der Waals surface area contributed by atoms with Crippen LogP contribution in [0.4, 0.5) is 0 Å². The Labute approximate surface area is 364 Å². The molecule has 6 N–H and O–H groups in total. The van der Waals surface area contributed by atoms with Crippen molar-refractivity contribution in [2.75, 3.05) is 13.2 Å². The van der Waals surface area contributed by atoms with Crippen LogP contribution >= 0.6 is 0 Å². The van der Waals surface area contributed by atoms with Gasteiger partial charge in [-0.25, -0.2) is 0 Å². The highest BCUT2D eigenvalue weighted by molar-refractivity contribution is 5.76. The Bertz CT molecular complexity index is 1300. The maximum atomic E-state index is 13.0. The lowest BCUT2D eigenvalue weighted by molar-refractivity contribution is -0.302. The van der Waals surface area contributed by atoms with Gasteiger partial charge in [0.05, 0.1) is 25.4 Å². The van der Waals surface area contributed by atoms with E-state index >= 15 is 0 Å². The van der Waals surface area contributed by atoms with Gasteiger partial charge in [-0.05, 0) is 96.3 Å². The van der Waals surface area contributed by atoms with E-state index in [2.05, 4.69) is 116 Å². The van der Waals surface area contributed by atoms with Gasteiger partial charge in [-0.2, -0.15) is 0 Å². The summed E-state index contributed by atoms with van der Waals surface area (Å²) < 4.78 is 11.2. The number of carbonyl (C=O) groups is 1. The second kappa shape index (κ2) is 40.0. The lowest BCUT2D eigenvalue weighted by atomic mass is 9.99. The predicted molar refractivity (Wildman–Crippen MR) is 248 cm³/mol. The molecule has 7 atom stereocenters. The molecular formula is C51H83NO8. The number of amides is 1. The summed E-state index contributed by atoms with van der Waals surface area (Å²) in [6.07, 6.45) is 51.3. The minimum Gasteiger partial charge on any atom is -0.394 e. The van der Waals surface area contributed by atoms with Gasteiger partial charge in [0.25, 0.3) is 0 Å². The summed E-state index contributed by atoms with van der Waals surface area (Å²) in [5.74, 6) is -0.222. The number of aliphatic hydroxyl groups excluding tert-OH is 5. The fourth-order valence-electron chi connectivity index (χ4n) is 6.36. The number of carbonyl (C=O) groups excluding carboxylic acids is 1. The van der Waals surface area contributed by atoms with Gasteiger partial charge in [0.15, 0.2) is 6.29 Å². The second-order valence-electron chi connectivity index (χ2n) is 15.4. The van der Waals surface area contributed by atoms with Crippen LogP contribution in [-0.4, -0.2) is 87.5 Å². The van der Waals surface area contributed by atoms with E-state index in [1.165, 1.54) is 25.7 Å². The van der Waals surface area contributed by atoms with Crippen molar-refractivity contribution < 1.29 is 39.8 Å². The van der Waals surface area contributed by atoms with E-state index in [0.29, 0.717) is 19.3 Å². The molecule has 340 valence electrons. The normalized spacial score (nSPS) is 21.6. The summed E-state index contributed by atoms with van der Waals surface area (Å²) in [4.78, 5) is 13.0. The zero-order valence-corrected chi connectivity index (χ0v) is 37.2. The second-order valence-corrected chi connectivity index (χ2v) is 15.4. The van der Waals surface area contributed by atoms with Crippen molar-refractivity contribution in [3.63, 3.8) is 0 Å². The zero-order chi connectivity index (χ0) is 43.7. The monoisotopic (exact) mass is 838 g/mol. The first-order valence-electron chi connectivity index (χ1n) is 23.1. The summed E-state index contributed by atoms with van der Waals surface area (Å²) in [7, 11) is 0. The van der Waals surface area contributed by atoms with Gasteiger partial charge < -0.3 is 40.3 Å². The number of nitrogens with one attached hydrogen (secondary N) is 1. The highest BCUT2D eigenvalue weighted by atomic mass is 16.7. The molecule has 1 aliphatic heterocycles. The van der Waals surface area contributed by atoms with Crippen LogP contribution in [-0.2, 0) is 14.3 Å². The van der Waals surface area contributed by atoms with E-state index in [9.17, 15) is 30.3 Å². The van der Waals surface area contributed by atoms with Gasteiger partial charge in [-0.1, -0.05) is 155 Å². The Kier molecular flexibility index (Phi) is 36.5. The fraction of sp³-hybridized carbons (Fsp3) is 0.627. The number of allylic oxidation sites excluding steroid dienone is 17. The molecule has 7 unspecified atom stereocenters. The van der Waals surface area contributed by atoms with Gasteiger partial charge in [0.2, 0.25) is 5.91 Å². The van der Waals surface area contributed by atoms with Gasteiger partial charge in [-0.15, -0.1) is 0 Å². The van der Waals surface area contributed by atoms with Crippen LogP contribution in [0.3, 0.4) is 0 Å². The Morgan fingerprint density at radius 2 is 1.05 bits per heavy atom. The van der Waals surface area contributed by atoms with Crippen molar-refractivity contribution in [3.05, 3.63) is 109 Å². The molecule has 1 heterocycles. The first-order chi connectivity index (χ1) is 29.3. The van der Waals surface area contributed by atoms with Crippen LogP contribution in [0, 0.1) is 0 Å². The lowest BCUT2D eigenvalue weighted by Crippen LogP contribution is -2.60. The molecule has 60 heavy (non-hydrogen) atoms. The predicted octanol–water partition coefficient (Wildman–Crippen LogP) is 9.89. The fourth-order valence-corrected chi connectivity index (χ4v) is 6.36. The summed E-state index contributed by atoms with van der Waals surface area (Å²) in [6.45, 7) is 3.57. The van der Waals surface area contributed by atoms with E-state index < -0.39 is 49.5 Å². The molecule has 9 heteroatoms. The molecule has 0 bridgehead atoms. The Morgan fingerprint density at radius 3 is 1.58 bits per heavy atom. The van der Waals surface area contributed by atoms with E-state index in [4.69, 9.17) is 9.47 Å². The molecule has 0 aromatic rings. The SMILES string of the molecule is CC/C=C\C/C=C\C/C=C\C/C=C\C/C=C\C/C=C\CCCCCCC(=O)NC(COC1OC(CO)C(O)C(O)C1O)C(O)/C=C/CC/C=C/CC/C=C/CCCCCC. The van der Waals surface area contributed by atoms with Crippen LogP contribution in [0.5, 0.6) is 0 Å². The van der Waals surface area contributed by atoms with E-state index in [-0.39, 0.29) is 12.5 Å². The minimum absolute atomic E-state index is 0.222. The first-order valence-corrected chi connectivity index (χ1v) is 23.1. The highest BCUT2D eigenvalue weighted by Gasteiger charge is 2.44. The van der Waals surface area contributed by atoms with Crippen LogP contribution in [0.25, 0.3) is 0 Å². The van der Waals surface area contributed by atoms with Crippen LogP contribution in [0.15, 0.2) is 109 Å². The molecule has 0 saturated carbocycles. The first kappa shape index (κ1) is 54.9. The Balaban J connectivity index is 2.40. The molecular weight excluding hydrogens is 755 g/mol. The largest absolute Gasteiger partial charge is 0.394 e. The number of hydrogen-bond acceptors (Lipinski definition) is 8. The van der Waals surface area contributed by atoms with E-state index in [0.717, 1.165) is 89.9 Å². The van der Waals surface area contributed by atoms with Crippen LogP contribution < -0.4 is 5.32 Å². The molecule has 1 amide bonds. The smallest absolute Gasteiger partial charge is 0.220 e. The number of rotatable bonds is 36. The summed E-state index contributed by atoms with van der Waals surface area (Å²) >= 11 is 0. The van der Waals surface area contributed by atoms with Crippen molar-refractivity contribution in [1.29, 1.82) is 0 Å². The number of hydrogen-bond donors (Lipinski definition) is 6. The van der Waals surface area contributed by atoms with Gasteiger partial charge >= 0.3 is 0 Å². The number of aliphatic hydroxyl groups is 5.